The Morgan fingerprint density at radius 3 is 2.45 bits per heavy atom. The number of benzene rings is 2. The molecule has 5 nitrogen and oxygen atoms in total. The number of nitrogens with zero attached hydrogens (tertiary/aromatic N) is 3. The molecule has 0 spiro atoms. The molecule has 0 radical (unpaired) electrons. The molecule has 3 aromatic rings. The maximum atomic E-state index is 13.2. The highest BCUT2D eigenvalue weighted by Crippen LogP contribution is 2.35. The molecule has 0 amide bonds. The van der Waals surface area contributed by atoms with Crippen LogP contribution in [0.15, 0.2) is 36.4 Å². The van der Waals surface area contributed by atoms with Crippen molar-refractivity contribution in [3.05, 3.63) is 47.8 Å². The predicted octanol–water partition coefficient (Wildman–Crippen LogP) is 2.96. The number of phenolic OH excluding ortho intramolecular Hbond substituents is 1. The number of aromatic hydroxyl groups is 1. The minimum atomic E-state index is -4.79. The van der Waals surface area contributed by atoms with Crippen molar-refractivity contribution in [3.8, 4) is 11.4 Å². The summed E-state index contributed by atoms with van der Waals surface area (Å²) in [6.45, 7) is 0. The molecule has 1 heterocycles. The second-order valence-electron chi connectivity index (χ2n) is 4.50. The van der Waals surface area contributed by atoms with Gasteiger partial charge in [0.25, 0.3) is 0 Å². The average molecular weight is 307 g/mol. The van der Waals surface area contributed by atoms with E-state index in [0.717, 1.165) is 0 Å². The standard InChI is InChI=1S/C14H8F3N3O2/c15-14(16,17)13-10(7-21)18-19-20(13)11-5-1-4-9-8(11)3-2-6-12(9)22/h1-7,22H. The third kappa shape index (κ3) is 2.09. The van der Waals surface area contributed by atoms with Crippen LogP contribution in [0, 0.1) is 0 Å². The lowest BCUT2D eigenvalue weighted by atomic mass is 10.1. The topological polar surface area (TPSA) is 68.0 Å². The molecule has 0 aliphatic rings. The molecule has 0 saturated carbocycles. The molecule has 1 N–H and O–H groups in total. The van der Waals surface area contributed by atoms with Crippen LogP contribution in [0.1, 0.15) is 16.2 Å². The van der Waals surface area contributed by atoms with Crippen molar-refractivity contribution in [3.63, 3.8) is 0 Å². The third-order valence-electron chi connectivity index (χ3n) is 3.18. The van der Waals surface area contributed by atoms with Crippen LogP contribution in [0.25, 0.3) is 16.5 Å². The number of phenols is 1. The summed E-state index contributed by atoms with van der Waals surface area (Å²) in [6, 6.07) is 8.94. The highest BCUT2D eigenvalue weighted by atomic mass is 19.4. The van der Waals surface area contributed by atoms with Gasteiger partial charge in [-0.15, -0.1) is 5.10 Å². The zero-order chi connectivity index (χ0) is 15.9. The van der Waals surface area contributed by atoms with Gasteiger partial charge in [-0.2, -0.15) is 13.2 Å². The van der Waals surface area contributed by atoms with Crippen molar-refractivity contribution in [2.75, 3.05) is 0 Å². The molecular weight excluding hydrogens is 299 g/mol. The maximum absolute atomic E-state index is 13.2. The Hall–Kier alpha value is -2.90. The zero-order valence-electron chi connectivity index (χ0n) is 10.9. The molecule has 0 unspecified atom stereocenters. The van der Waals surface area contributed by atoms with Crippen LogP contribution in [0.3, 0.4) is 0 Å². The van der Waals surface area contributed by atoms with E-state index in [2.05, 4.69) is 10.3 Å². The van der Waals surface area contributed by atoms with E-state index in [9.17, 15) is 23.1 Å². The van der Waals surface area contributed by atoms with Gasteiger partial charge >= 0.3 is 6.18 Å². The molecule has 112 valence electrons. The Kier molecular flexibility index (Phi) is 3.09. The van der Waals surface area contributed by atoms with Gasteiger partial charge in [0.1, 0.15) is 5.75 Å². The van der Waals surface area contributed by atoms with E-state index in [1.807, 2.05) is 0 Å². The highest BCUT2D eigenvalue weighted by molar-refractivity contribution is 5.94. The predicted molar refractivity (Wildman–Crippen MR) is 70.9 cm³/mol. The molecule has 22 heavy (non-hydrogen) atoms. The van der Waals surface area contributed by atoms with E-state index < -0.39 is 17.6 Å². The summed E-state index contributed by atoms with van der Waals surface area (Å²) in [5.41, 5.74) is -1.97. The summed E-state index contributed by atoms with van der Waals surface area (Å²) in [5, 5.41) is 17.2. The molecular formula is C14H8F3N3O2. The summed E-state index contributed by atoms with van der Waals surface area (Å²) < 4.78 is 40.1. The van der Waals surface area contributed by atoms with Crippen molar-refractivity contribution < 1.29 is 23.1 Å². The summed E-state index contributed by atoms with van der Waals surface area (Å²) in [5.74, 6) is -0.0661. The first kappa shape index (κ1) is 14.1. The van der Waals surface area contributed by atoms with Gasteiger partial charge in [0.15, 0.2) is 17.7 Å². The minimum absolute atomic E-state index is 0.00886. The molecule has 0 fully saturated rings. The largest absolute Gasteiger partial charge is 0.507 e. The van der Waals surface area contributed by atoms with Crippen LogP contribution in [0.4, 0.5) is 13.2 Å². The number of hydrogen-bond acceptors (Lipinski definition) is 4. The number of rotatable bonds is 2. The van der Waals surface area contributed by atoms with Gasteiger partial charge in [0, 0.05) is 10.8 Å². The van der Waals surface area contributed by atoms with Gasteiger partial charge in [-0.05, 0) is 12.1 Å². The molecule has 0 atom stereocenters. The van der Waals surface area contributed by atoms with Crippen molar-refractivity contribution in [1.29, 1.82) is 0 Å². The second-order valence-corrected chi connectivity index (χ2v) is 4.50. The van der Waals surface area contributed by atoms with Gasteiger partial charge in [0.05, 0.1) is 5.69 Å². The monoisotopic (exact) mass is 307 g/mol. The lowest BCUT2D eigenvalue weighted by Crippen LogP contribution is -2.15. The minimum Gasteiger partial charge on any atom is -0.507 e. The number of halogens is 3. The maximum Gasteiger partial charge on any atom is 0.435 e. The quantitative estimate of drug-likeness (QED) is 0.739. The fourth-order valence-electron chi connectivity index (χ4n) is 2.27. The van der Waals surface area contributed by atoms with E-state index in [4.69, 9.17) is 0 Å². The van der Waals surface area contributed by atoms with Crippen LogP contribution >= 0.6 is 0 Å². The summed E-state index contributed by atoms with van der Waals surface area (Å²) in [7, 11) is 0. The molecule has 8 heteroatoms. The van der Waals surface area contributed by atoms with Crippen LogP contribution in [0.5, 0.6) is 5.75 Å². The van der Waals surface area contributed by atoms with Gasteiger partial charge in [-0.25, -0.2) is 4.68 Å². The molecule has 3 rings (SSSR count). The first-order valence-corrected chi connectivity index (χ1v) is 6.12. The van der Waals surface area contributed by atoms with E-state index in [0.29, 0.717) is 15.5 Å². The summed E-state index contributed by atoms with van der Waals surface area (Å²) >= 11 is 0. The van der Waals surface area contributed by atoms with Crippen molar-refractivity contribution in [1.82, 2.24) is 15.0 Å². The Morgan fingerprint density at radius 2 is 1.77 bits per heavy atom. The number of carbonyl (C=O) groups excluding carboxylic acids is 1. The number of alkyl halides is 3. The van der Waals surface area contributed by atoms with Gasteiger partial charge in [-0.1, -0.05) is 29.5 Å². The first-order chi connectivity index (χ1) is 10.4. The number of aromatic nitrogens is 3. The lowest BCUT2D eigenvalue weighted by Gasteiger charge is -2.12. The van der Waals surface area contributed by atoms with Gasteiger partial charge in [0.2, 0.25) is 0 Å². The Balaban J connectivity index is 2.36. The molecule has 2 aromatic carbocycles. The lowest BCUT2D eigenvalue weighted by molar-refractivity contribution is -0.143. The van der Waals surface area contributed by atoms with E-state index in [1.54, 1.807) is 12.1 Å². The zero-order valence-corrected chi connectivity index (χ0v) is 10.9. The van der Waals surface area contributed by atoms with Gasteiger partial charge < -0.3 is 5.11 Å². The van der Waals surface area contributed by atoms with Crippen LogP contribution in [-0.2, 0) is 6.18 Å². The second kappa shape index (κ2) is 4.83. The van der Waals surface area contributed by atoms with Crippen molar-refractivity contribution >= 4 is 17.1 Å². The van der Waals surface area contributed by atoms with Crippen molar-refractivity contribution in [2.45, 2.75) is 6.18 Å². The number of fused-ring (bicyclic) bond motifs is 1. The van der Waals surface area contributed by atoms with Crippen molar-refractivity contribution in [2.24, 2.45) is 0 Å². The van der Waals surface area contributed by atoms with Gasteiger partial charge in [-0.3, -0.25) is 4.79 Å². The summed E-state index contributed by atoms with van der Waals surface area (Å²) in [4.78, 5) is 10.8. The van der Waals surface area contributed by atoms with Crippen LogP contribution in [0.2, 0.25) is 0 Å². The Labute approximate surface area is 121 Å². The Bertz CT molecular complexity index is 871. The highest BCUT2D eigenvalue weighted by Gasteiger charge is 2.40. The first-order valence-electron chi connectivity index (χ1n) is 6.12. The fraction of sp³-hybridized carbons (Fsp3) is 0.0714. The van der Waals surface area contributed by atoms with E-state index in [1.165, 1.54) is 24.3 Å². The number of aldehydes is 1. The molecule has 0 bridgehead atoms. The molecule has 0 saturated heterocycles. The normalized spacial score (nSPS) is 11.8. The SMILES string of the molecule is O=Cc1nnn(-c2cccc3c(O)cccc23)c1C(F)(F)F. The summed E-state index contributed by atoms with van der Waals surface area (Å²) in [6.07, 6.45) is -4.78. The Morgan fingerprint density at radius 1 is 1.09 bits per heavy atom. The average Bonchev–Trinajstić information content (AvgIpc) is 2.91. The smallest absolute Gasteiger partial charge is 0.435 e. The number of carbonyl (C=O) groups is 1. The van der Waals surface area contributed by atoms with E-state index in [-0.39, 0.29) is 17.7 Å². The third-order valence-corrected chi connectivity index (χ3v) is 3.18. The molecule has 0 aliphatic carbocycles. The fourth-order valence-corrected chi connectivity index (χ4v) is 2.27. The van der Waals surface area contributed by atoms with E-state index >= 15 is 0 Å². The molecule has 1 aromatic heterocycles. The number of hydrogen-bond donors (Lipinski definition) is 1. The van der Waals surface area contributed by atoms with Crippen LogP contribution < -0.4 is 0 Å². The van der Waals surface area contributed by atoms with Crippen LogP contribution in [-0.4, -0.2) is 26.4 Å². The molecule has 0 aliphatic heterocycles.